The van der Waals surface area contributed by atoms with Crippen LogP contribution >= 0.6 is 0 Å². The van der Waals surface area contributed by atoms with Crippen LogP contribution < -0.4 is 39.3 Å². The molecule has 2 rings (SSSR count). The Morgan fingerprint density at radius 2 is 1.54 bits per heavy atom. The van der Waals surface area contributed by atoms with Gasteiger partial charge in [0.05, 0.1) is 6.04 Å². The monoisotopic (exact) mass is 574 g/mol. The van der Waals surface area contributed by atoms with Crippen LogP contribution in [0.2, 0.25) is 0 Å². The molecule has 1 fully saturated rings. The molecule has 1 saturated heterocycles. The Morgan fingerprint density at radius 3 is 2.12 bits per heavy atom. The fourth-order valence-electron chi connectivity index (χ4n) is 4.52. The molecule has 0 saturated carbocycles. The van der Waals surface area contributed by atoms with E-state index in [-0.39, 0.29) is 37.2 Å². The second-order valence-electron chi connectivity index (χ2n) is 9.84. The van der Waals surface area contributed by atoms with Gasteiger partial charge in [-0.05, 0) is 44.1 Å². The van der Waals surface area contributed by atoms with Gasteiger partial charge in [0.1, 0.15) is 18.1 Å². The molecule has 1 aromatic rings. The van der Waals surface area contributed by atoms with Gasteiger partial charge in [-0.1, -0.05) is 30.3 Å². The van der Waals surface area contributed by atoms with Crippen LogP contribution in [0.15, 0.2) is 40.3 Å². The van der Waals surface area contributed by atoms with E-state index in [9.17, 15) is 24.3 Å². The van der Waals surface area contributed by atoms with Crippen molar-refractivity contribution in [3.8, 4) is 0 Å². The number of aliphatic carboxylic acids is 1. The molecule has 3 amide bonds. The number of hydrogen-bond acceptors (Lipinski definition) is 7. The zero-order chi connectivity index (χ0) is 30.4. The Hall–Kier alpha value is -4.40. The molecule has 0 radical (unpaired) electrons. The number of carboxylic acid groups (broad SMARTS) is 1. The number of carboxylic acids is 1. The molecule has 15 nitrogen and oxygen atoms in total. The first-order chi connectivity index (χ1) is 19.5. The Balaban J connectivity index is 2.10. The van der Waals surface area contributed by atoms with Gasteiger partial charge in [-0.2, -0.15) is 0 Å². The van der Waals surface area contributed by atoms with Gasteiger partial charge in [0.25, 0.3) is 0 Å². The summed E-state index contributed by atoms with van der Waals surface area (Å²) in [5, 5.41) is 15.0. The lowest BCUT2D eigenvalue weighted by atomic mass is 10.0. The number of benzene rings is 1. The zero-order valence-corrected chi connectivity index (χ0v) is 23.1. The lowest BCUT2D eigenvalue weighted by molar-refractivity contribution is -0.143. The third-order valence-electron chi connectivity index (χ3n) is 6.60. The first kappa shape index (κ1) is 32.8. The Morgan fingerprint density at radius 1 is 0.927 bits per heavy atom. The normalized spacial score (nSPS) is 16.6. The van der Waals surface area contributed by atoms with Gasteiger partial charge in [-0.3, -0.25) is 24.4 Å². The van der Waals surface area contributed by atoms with Crippen LogP contribution in [-0.4, -0.2) is 89.4 Å². The van der Waals surface area contributed by atoms with Crippen molar-refractivity contribution in [2.75, 3.05) is 19.6 Å². The van der Waals surface area contributed by atoms with E-state index >= 15 is 0 Å². The van der Waals surface area contributed by atoms with E-state index in [4.69, 9.17) is 28.7 Å². The number of hydrogen-bond donors (Lipinski definition) is 8. The largest absolute Gasteiger partial charge is 0.480 e. The smallest absolute Gasteiger partial charge is 0.326 e. The number of likely N-dealkylation sites (tertiary alicyclic amines) is 1. The third kappa shape index (κ3) is 11.3. The van der Waals surface area contributed by atoms with E-state index in [0.717, 1.165) is 5.56 Å². The maximum atomic E-state index is 13.3. The number of rotatable bonds is 16. The number of nitrogens with two attached hydrogens (primary N) is 5. The van der Waals surface area contributed by atoms with Gasteiger partial charge in [0, 0.05) is 26.1 Å². The summed E-state index contributed by atoms with van der Waals surface area (Å²) in [4.78, 5) is 60.7. The fourth-order valence-corrected chi connectivity index (χ4v) is 4.52. The van der Waals surface area contributed by atoms with E-state index in [1.165, 1.54) is 4.90 Å². The lowest BCUT2D eigenvalue weighted by Gasteiger charge is -2.28. The van der Waals surface area contributed by atoms with E-state index in [1.807, 2.05) is 0 Å². The molecule has 4 unspecified atom stereocenters. The van der Waals surface area contributed by atoms with Gasteiger partial charge in [-0.25, -0.2) is 4.79 Å². The molecular weight excluding hydrogens is 532 g/mol. The minimum atomic E-state index is -1.22. The molecule has 41 heavy (non-hydrogen) atoms. The third-order valence-corrected chi connectivity index (χ3v) is 6.60. The highest BCUT2D eigenvalue weighted by Crippen LogP contribution is 2.20. The maximum Gasteiger partial charge on any atom is 0.326 e. The van der Waals surface area contributed by atoms with Crippen molar-refractivity contribution in [1.82, 2.24) is 15.5 Å². The summed E-state index contributed by atoms with van der Waals surface area (Å²) < 4.78 is 0. The highest BCUT2D eigenvalue weighted by molar-refractivity contribution is 5.94. The predicted molar refractivity (Wildman–Crippen MR) is 154 cm³/mol. The molecule has 4 atom stereocenters. The van der Waals surface area contributed by atoms with Crippen LogP contribution in [0.3, 0.4) is 0 Å². The minimum Gasteiger partial charge on any atom is -0.480 e. The Kier molecular flexibility index (Phi) is 13.3. The summed E-state index contributed by atoms with van der Waals surface area (Å²) in [7, 11) is 0. The first-order valence-corrected chi connectivity index (χ1v) is 13.5. The quantitative estimate of drug-likeness (QED) is 0.0594. The van der Waals surface area contributed by atoms with Crippen LogP contribution in [0.5, 0.6) is 0 Å². The number of amides is 3. The van der Waals surface area contributed by atoms with Gasteiger partial charge >= 0.3 is 5.97 Å². The number of nitrogens with zero attached hydrogens (tertiary/aromatic N) is 3. The molecule has 1 heterocycles. The molecule has 1 aromatic carbocycles. The summed E-state index contributed by atoms with van der Waals surface area (Å²) in [5.41, 5.74) is 28.2. The molecule has 1 aliphatic heterocycles. The second-order valence-corrected chi connectivity index (χ2v) is 9.84. The molecule has 226 valence electrons. The van der Waals surface area contributed by atoms with Gasteiger partial charge in [-0.15, -0.1) is 0 Å². The van der Waals surface area contributed by atoms with E-state index < -0.39 is 42.0 Å². The molecule has 0 bridgehead atoms. The SMILES string of the molecule is NC(N)=NCCCC(N)C(=O)N1CCCC1C(=O)NC(CCCN=C(N)N)C(=O)NC(Cc1ccccc1)C(=O)O. The predicted octanol–water partition coefficient (Wildman–Crippen LogP) is -2.29. The summed E-state index contributed by atoms with van der Waals surface area (Å²) in [5.74, 6) is -2.95. The van der Waals surface area contributed by atoms with Gasteiger partial charge < -0.3 is 49.3 Å². The summed E-state index contributed by atoms with van der Waals surface area (Å²) in [6.45, 7) is 0.876. The standard InChI is InChI=1S/C26H42N10O5/c27-17(9-4-12-32-25(28)29)23(39)36-14-6-11-20(36)22(38)34-18(10-5-13-33-26(30)31)21(37)35-19(24(40)41)15-16-7-2-1-3-8-16/h1-3,7-8,17-20H,4-6,9-15,27H2,(H,34,38)(H,35,37)(H,40,41)(H4,28,29,32)(H4,30,31,33). The summed E-state index contributed by atoms with van der Waals surface area (Å²) >= 11 is 0. The number of nitrogens with one attached hydrogen (secondary N) is 2. The molecule has 15 heteroatoms. The molecule has 13 N–H and O–H groups in total. The van der Waals surface area contributed by atoms with Crippen molar-refractivity contribution >= 4 is 35.6 Å². The fraction of sp³-hybridized carbons (Fsp3) is 0.538. The molecule has 0 aromatic heterocycles. The highest BCUT2D eigenvalue weighted by Gasteiger charge is 2.37. The molecular formula is C26H42N10O5. The van der Waals surface area contributed by atoms with E-state index in [2.05, 4.69) is 20.6 Å². The first-order valence-electron chi connectivity index (χ1n) is 13.5. The van der Waals surface area contributed by atoms with Crippen LogP contribution in [0, 0.1) is 0 Å². The van der Waals surface area contributed by atoms with Crippen molar-refractivity contribution in [2.24, 2.45) is 38.7 Å². The number of guanidine groups is 2. The van der Waals surface area contributed by atoms with Gasteiger partial charge in [0.15, 0.2) is 11.9 Å². The Bertz CT molecular complexity index is 1090. The van der Waals surface area contributed by atoms with Crippen LogP contribution in [0.1, 0.15) is 44.1 Å². The number of carbonyl (C=O) groups is 4. The average molecular weight is 575 g/mol. The van der Waals surface area contributed by atoms with Crippen molar-refractivity contribution < 1.29 is 24.3 Å². The number of carbonyl (C=O) groups excluding carboxylic acids is 3. The minimum absolute atomic E-state index is 0.0483. The average Bonchev–Trinajstić information content (AvgIpc) is 3.42. The van der Waals surface area contributed by atoms with E-state index in [1.54, 1.807) is 30.3 Å². The van der Waals surface area contributed by atoms with E-state index in [0.29, 0.717) is 45.2 Å². The van der Waals surface area contributed by atoms with Crippen molar-refractivity contribution in [1.29, 1.82) is 0 Å². The van der Waals surface area contributed by atoms with Gasteiger partial charge in [0.2, 0.25) is 17.7 Å². The van der Waals surface area contributed by atoms with Crippen molar-refractivity contribution in [3.63, 3.8) is 0 Å². The van der Waals surface area contributed by atoms with Crippen LogP contribution in [0.4, 0.5) is 0 Å². The van der Waals surface area contributed by atoms with Crippen molar-refractivity contribution in [3.05, 3.63) is 35.9 Å². The summed E-state index contributed by atoms with van der Waals surface area (Å²) in [6, 6.07) is 4.90. The maximum absolute atomic E-state index is 13.3. The lowest BCUT2D eigenvalue weighted by Crippen LogP contribution is -2.56. The number of aliphatic imine (C=N–C) groups is 2. The molecule has 0 aliphatic carbocycles. The van der Waals surface area contributed by atoms with Crippen molar-refractivity contribution in [2.45, 2.75) is 69.1 Å². The van der Waals surface area contributed by atoms with Crippen LogP contribution in [-0.2, 0) is 25.6 Å². The van der Waals surface area contributed by atoms with Crippen LogP contribution in [0.25, 0.3) is 0 Å². The second kappa shape index (κ2) is 16.6. The molecule has 1 aliphatic rings. The summed E-state index contributed by atoms with van der Waals surface area (Å²) in [6.07, 6.45) is 2.33. The zero-order valence-electron chi connectivity index (χ0n) is 23.1. The molecule has 0 spiro atoms. The topological polar surface area (TPSA) is 271 Å². The Labute approximate surface area is 239 Å². The highest BCUT2D eigenvalue weighted by atomic mass is 16.4.